The highest BCUT2D eigenvalue weighted by Crippen LogP contribution is 2.60. The van der Waals surface area contributed by atoms with Gasteiger partial charge in [0.15, 0.2) is 0 Å². The van der Waals surface area contributed by atoms with E-state index >= 15 is 0 Å². The molecule has 0 aromatic carbocycles. The summed E-state index contributed by atoms with van der Waals surface area (Å²) in [4.78, 5) is 93.0. The number of hydrogen-bond donors (Lipinski definition) is 0. The molecule has 0 aromatic heterocycles. The minimum absolute atomic E-state index is 0.124. The second-order valence-corrected chi connectivity index (χ2v) is 16.3. The van der Waals surface area contributed by atoms with Crippen LogP contribution in [0.15, 0.2) is 0 Å². The maximum Gasteiger partial charge on any atom is 0.314 e. The minimum Gasteiger partial charge on any atom is -0.458 e. The summed E-state index contributed by atoms with van der Waals surface area (Å²) >= 11 is 0. The number of fused-ring (bicyclic) bond motifs is 4. The fourth-order valence-electron chi connectivity index (χ4n) is 11.4. The van der Waals surface area contributed by atoms with E-state index < -0.39 is 46.4 Å². The SMILES string of the molecule is COC12CC3CC(OC(=O)C4(CC(=O)OC(=O)CC5(C(C)=O)CC6CCCC(C5)C6=O)CC5CCCC(C4)C5=O)(CC(C1)C3=O)C2. The van der Waals surface area contributed by atoms with Crippen LogP contribution in [0.1, 0.15) is 116 Å². The second-order valence-electron chi connectivity index (χ2n) is 16.3. The van der Waals surface area contributed by atoms with Crippen LogP contribution < -0.4 is 0 Å². The molecule has 8 aliphatic rings. The summed E-state index contributed by atoms with van der Waals surface area (Å²) in [6.07, 6.45) is 7.28. The largest absolute Gasteiger partial charge is 0.458 e. The molecular formula is C36H46O10. The van der Waals surface area contributed by atoms with Gasteiger partial charge in [-0.2, -0.15) is 0 Å². The number of hydrogen-bond acceptors (Lipinski definition) is 10. The van der Waals surface area contributed by atoms with Gasteiger partial charge in [0.2, 0.25) is 0 Å². The van der Waals surface area contributed by atoms with Crippen molar-refractivity contribution in [1.29, 1.82) is 0 Å². The van der Waals surface area contributed by atoms with E-state index in [9.17, 15) is 33.6 Å². The fraction of sp³-hybridized carbons (Fsp3) is 0.806. The molecule has 0 radical (unpaired) electrons. The van der Waals surface area contributed by atoms with Gasteiger partial charge in [-0.15, -0.1) is 0 Å². The van der Waals surface area contributed by atoms with Crippen molar-refractivity contribution in [3.63, 3.8) is 0 Å². The first-order chi connectivity index (χ1) is 21.8. The van der Waals surface area contributed by atoms with Crippen molar-refractivity contribution in [2.45, 2.75) is 127 Å². The molecule has 6 unspecified atom stereocenters. The van der Waals surface area contributed by atoms with Crippen LogP contribution >= 0.6 is 0 Å². The van der Waals surface area contributed by atoms with Crippen molar-refractivity contribution in [1.82, 2.24) is 0 Å². The van der Waals surface area contributed by atoms with E-state index in [1.807, 2.05) is 0 Å². The van der Waals surface area contributed by atoms with Gasteiger partial charge in [0.1, 0.15) is 28.7 Å². The summed E-state index contributed by atoms with van der Waals surface area (Å²) in [6.45, 7) is 1.44. The third kappa shape index (κ3) is 5.21. The van der Waals surface area contributed by atoms with Gasteiger partial charge in [-0.25, -0.2) is 0 Å². The van der Waals surface area contributed by atoms with Crippen LogP contribution in [0.2, 0.25) is 0 Å². The molecule has 0 amide bonds. The standard InChI is InChI=1S/C36H46O10/c1-20(37)33(9-21-5-3-6-22(10-33)29(21)40)17-27(38)45-28(39)18-34(11-23-7-4-8-24(12-34)30(23)41)32(43)46-36-15-25-13-35(19-36,44-2)14-26(16-36)31(25)42/h21-26H,3-19H2,1-2H3. The highest BCUT2D eigenvalue weighted by molar-refractivity contribution is 5.96. The lowest BCUT2D eigenvalue weighted by atomic mass is 9.51. The molecule has 0 spiro atoms. The Morgan fingerprint density at radius 3 is 1.48 bits per heavy atom. The normalized spacial score (nSPS) is 44.1. The molecule has 8 saturated carbocycles. The number of Topliss-reactive ketones (excluding diaryl/α,β-unsaturated/α-hetero) is 4. The molecule has 8 aliphatic carbocycles. The summed E-state index contributed by atoms with van der Waals surface area (Å²) in [5.74, 6) is -3.64. The molecule has 6 atom stereocenters. The van der Waals surface area contributed by atoms with Gasteiger partial charge in [0, 0.05) is 54.5 Å². The summed E-state index contributed by atoms with van der Waals surface area (Å²) < 4.78 is 17.8. The number of rotatable bonds is 8. The first kappa shape index (κ1) is 31.8. The Bertz CT molecular complexity index is 1340. The third-order valence-electron chi connectivity index (χ3n) is 13.4. The summed E-state index contributed by atoms with van der Waals surface area (Å²) in [7, 11) is 1.64. The van der Waals surface area contributed by atoms with Crippen molar-refractivity contribution in [2.24, 2.45) is 46.3 Å². The zero-order valence-corrected chi connectivity index (χ0v) is 27.1. The average Bonchev–Trinajstić information content (AvgIpc) is 2.96. The van der Waals surface area contributed by atoms with Gasteiger partial charge in [-0.05, 0) is 84.0 Å². The molecule has 8 fully saturated rings. The average molecular weight is 639 g/mol. The molecule has 8 rings (SSSR count). The van der Waals surface area contributed by atoms with Crippen molar-refractivity contribution < 1.29 is 47.8 Å². The Morgan fingerprint density at radius 2 is 1.02 bits per heavy atom. The van der Waals surface area contributed by atoms with Crippen LogP contribution in [-0.2, 0) is 47.8 Å². The van der Waals surface area contributed by atoms with Crippen molar-refractivity contribution in [3.8, 4) is 0 Å². The number of ether oxygens (including phenoxy) is 3. The lowest BCUT2D eigenvalue weighted by molar-refractivity contribution is -0.230. The number of carbonyl (C=O) groups excluding carboxylic acids is 7. The van der Waals surface area contributed by atoms with E-state index in [0.29, 0.717) is 57.8 Å². The summed E-state index contributed by atoms with van der Waals surface area (Å²) in [5, 5.41) is 0. The van der Waals surface area contributed by atoms with Gasteiger partial charge in [-0.3, -0.25) is 33.6 Å². The Morgan fingerprint density at radius 1 is 0.609 bits per heavy atom. The lowest BCUT2D eigenvalue weighted by Gasteiger charge is -2.60. The predicted molar refractivity (Wildman–Crippen MR) is 160 cm³/mol. The zero-order chi connectivity index (χ0) is 32.6. The molecule has 0 N–H and O–H groups in total. The molecule has 0 heterocycles. The predicted octanol–water partition coefficient (Wildman–Crippen LogP) is 4.42. The Hall–Kier alpha value is -2.75. The number of ketones is 4. The van der Waals surface area contributed by atoms with Gasteiger partial charge >= 0.3 is 17.9 Å². The Kier molecular flexibility index (Phi) is 7.72. The first-order valence-corrected chi connectivity index (χ1v) is 17.4. The molecule has 0 aliphatic heterocycles. The van der Waals surface area contributed by atoms with Crippen molar-refractivity contribution in [2.75, 3.05) is 7.11 Å². The van der Waals surface area contributed by atoms with Crippen LogP contribution in [0, 0.1) is 46.3 Å². The van der Waals surface area contributed by atoms with Gasteiger partial charge in [0.05, 0.1) is 23.9 Å². The van der Waals surface area contributed by atoms with Crippen LogP contribution in [0.3, 0.4) is 0 Å². The monoisotopic (exact) mass is 638 g/mol. The fourth-order valence-corrected chi connectivity index (χ4v) is 11.4. The Labute approximate surface area is 269 Å². The second kappa shape index (κ2) is 11.2. The maximum atomic E-state index is 14.4. The smallest absolute Gasteiger partial charge is 0.314 e. The molecular weight excluding hydrogens is 592 g/mol. The maximum absolute atomic E-state index is 14.4. The van der Waals surface area contributed by atoms with Crippen LogP contribution in [-0.4, -0.2) is 59.4 Å². The molecule has 0 aromatic rings. The van der Waals surface area contributed by atoms with E-state index in [1.165, 1.54) is 6.92 Å². The topological polar surface area (TPSA) is 147 Å². The van der Waals surface area contributed by atoms with Gasteiger partial charge in [0.25, 0.3) is 0 Å². The zero-order valence-electron chi connectivity index (χ0n) is 27.1. The molecule has 8 bridgehead atoms. The van der Waals surface area contributed by atoms with Crippen LogP contribution in [0.4, 0.5) is 0 Å². The van der Waals surface area contributed by atoms with Crippen molar-refractivity contribution >= 4 is 41.0 Å². The summed E-state index contributed by atoms with van der Waals surface area (Å²) in [5.41, 5.74) is -3.77. The van der Waals surface area contributed by atoms with E-state index in [0.717, 1.165) is 12.8 Å². The van der Waals surface area contributed by atoms with Crippen molar-refractivity contribution in [3.05, 3.63) is 0 Å². The quantitative estimate of drug-likeness (QED) is 0.277. The summed E-state index contributed by atoms with van der Waals surface area (Å²) in [6, 6.07) is 0. The molecule has 0 saturated heterocycles. The number of methoxy groups -OCH3 is 1. The first-order valence-electron chi connectivity index (χ1n) is 17.4. The Balaban J connectivity index is 1.10. The molecule has 10 nitrogen and oxygen atoms in total. The molecule has 250 valence electrons. The van der Waals surface area contributed by atoms with E-state index in [1.54, 1.807) is 7.11 Å². The highest BCUT2D eigenvalue weighted by atomic mass is 16.6. The van der Waals surface area contributed by atoms with Crippen LogP contribution in [0.25, 0.3) is 0 Å². The van der Waals surface area contributed by atoms with E-state index in [2.05, 4.69) is 0 Å². The van der Waals surface area contributed by atoms with Gasteiger partial charge in [-0.1, -0.05) is 12.8 Å². The lowest BCUT2D eigenvalue weighted by Crippen LogP contribution is -2.65. The van der Waals surface area contributed by atoms with E-state index in [-0.39, 0.29) is 90.7 Å². The minimum atomic E-state index is -1.33. The third-order valence-corrected chi connectivity index (χ3v) is 13.4. The number of carbonyl (C=O) groups is 7. The molecule has 10 heteroatoms. The highest BCUT2D eigenvalue weighted by Gasteiger charge is 2.65. The molecule has 46 heavy (non-hydrogen) atoms. The van der Waals surface area contributed by atoms with Gasteiger partial charge < -0.3 is 14.2 Å². The van der Waals surface area contributed by atoms with E-state index in [4.69, 9.17) is 14.2 Å². The number of esters is 3. The van der Waals surface area contributed by atoms with Crippen LogP contribution in [0.5, 0.6) is 0 Å².